The first-order valence-corrected chi connectivity index (χ1v) is 7.15. The van der Waals surface area contributed by atoms with Gasteiger partial charge >= 0.3 is 0 Å². The second-order valence-corrected chi connectivity index (χ2v) is 6.42. The van der Waals surface area contributed by atoms with Crippen molar-refractivity contribution in [3.05, 3.63) is 35.6 Å². The van der Waals surface area contributed by atoms with Gasteiger partial charge in [-0.1, -0.05) is 12.1 Å². The maximum atomic E-state index is 12.9. The molecule has 1 aliphatic rings. The molecule has 0 saturated carbocycles. The predicted octanol–water partition coefficient (Wildman–Crippen LogP) is 0.0732. The maximum Gasteiger partial charge on any atom is 0.154 e. The van der Waals surface area contributed by atoms with Crippen LogP contribution >= 0.6 is 0 Å². The van der Waals surface area contributed by atoms with E-state index in [-0.39, 0.29) is 17.3 Å². The van der Waals surface area contributed by atoms with Crippen LogP contribution in [0.5, 0.6) is 0 Å². The van der Waals surface area contributed by atoms with E-state index in [1.54, 1.807) is 12.1 Å². The Morgan fingerprint density at radius 1 is 1.41 bits per heavy atom. The highest BCUT2D eigenvalue weighted by Crippen LogP contribution is 2.13. The summed E-state index contributed by atoms with van der Waals surface area (Å²) in [6.07, 6.45) is -0.881. The van der Waals surface area contributed by atoms with Crippen molar-refractivity contribution in [1.29, 1.82) is 0 Å². The molecule has 17 heavy (non-hydrogen) atoms. The van der Waals surface area contributed by atoms with Crippen LogP contribution in [0, 0.1) is 5.82 Å². The molecule has 2 rings (SSSR count). The fourth-order valence-corrected chi connectivity index (χ4v) is 3.70. The van der Waals surface area contributed by atoms with E-state index in [2.05, 4.69) is 5.32 Å². The number of halogens is 1. The topological polar surface area (TPSA) is 66.4 Å². The van der Waals surface area contributed by atoms with Crippen molar-refractivity contribution >= 4 is 9.84 Å². The highest BCUT2D eigenvalue weighted by atomic mass is 32.2. The normalized spacial score (nSPS) is 27.2. The van der Waals surface area contributed by atoms with Gasteiger partial charge in [-0.05, 0) is 17.7 Å². The summed E-state index contributed by atoms with van der Waals surface area (Å²) < 4.78 is 35.4. The molecule has 0 amide bonds. The fourth-order valence-electron chi connectivity index (χ4n) is 1.92. The zero-order valence-electron chi connectivity index (χ0n) is 9.14. The standard InChI is InChI=1S/C11H14FNO3S/c12-9-3-1-2-8(4-9)5-13-10-6-17(15,16)7-11(10)14/h1-4,10-11,13-14H,5-7H2/t10-,11-/m1/s1. The van der Waals surface area contributed by atoms with Gasteiger partial charge in [-0.15, -0.1) is 0 Å². The Morgan fingerprint density at radius 3 is 2.76 bits per heavy atom. The number of sulfone groups is 1. The molecule has 94 valence electrons. The van der Waals surface area contributed by atoms with Crippen molar-refractivity contribution in [2.75, 3.05) is 11.5 Å². The van der Waals surface area contributed by atoms with Crippen LogP contribution in [0.15, 0.2) is 24.3 Å². The molecule has 1 fully saturated rings. The number of hydrogen-bond acceptors (Lipinski definition) is 4. The summed E-state index contributed by atoms with van der Waals surface area (Å²) in [5.74, 6) is -0.596. The van der Waals surface area contributed by atoms with Crippen LogP contribution in [0.1, 0.15) is 5.56 Å². The van der Waals surface area contributed by atoms with Gasteiger partial charge in [-0.2, -0.15) is 0 Å². The Morgan fingerprint density at radius 2 is 2.18 bits per heavy atom. The van der Waals surface area contributed by atoms with Gasteiger partial charge in [0.2, 0.25) is 0 Å². The summed E-state index contributed by atoms with van der Waals surface area (Å²) in [5.41, 5.74) is 0.724. The third-order valence-corrected chi connectivity index (χ3v) is 4.50. The summed E-state index contributed by atoms with van der Waals surface area (Å²) in [7, 11) is -3.14. The van der Waals surface area contributed by atoms with Crippen molar-refractivity contribution in [2.45, 2.75) is 18.7 Å². The van der Waals surface area contributed by atoms with Crippen molar-refractivity contribution in [1.82, 2.24) is 5.32 Å². The first-order valence-electron chi connectivity index (χ1n) is 5.32. The lowest BCUT2D eigenvalue weighted by Crippen LogP contribution is -2.38. The minimum atomic E-state index is -3.14. The molecule has 1 saturated heterocycles. The highest BCUT2D eigenvalue weighted by Gasteiger charge is 2.35. The van der Waals surface area contributed by atoms with E-state index in [1.807, 2.05) is 0 Å². The number of nitrogens with one attached hydrogen (secondary N) is 1. The van der Waals surface area contributed by atoms with E-state index in [0.717, 1.165) is 5.56 Å². The van der Waals surface area contributed by atoms with Crippen LogP contribution in [0.4, 0.5) is 4.39 Å². The van der Waals surface area contributed by atoms with E-state index < -0.39 is 22.0 Å². The summed E-state index contributed by atoms with van der Waals surface area (Å²) in [4.78, 5) is 0. The van der Waals surface area contributed by atoms with E-state index in [0.29, 0.717) is 6.54 Å². The molecule has 4 nitrogen and oxygen atoms in total. The van der Waals surface area contributed by atoms with Crippen LogP contribution in [-0.2, 0) is 16.4 Å². The fraction of sp³-hybridized carbons (Fsp3) is 0.455. The Balaban J connectivity index is 1.95. The molecule has 1 aliphatic heterocycles. The van der Waals surface area contributed by atoms with Crippen LogP contribution in [-0.4, -0.2) is 37.2 Å². The van der Waals surface area contributed by atoms with Crippen LogP contribution < -0.4 is 5.32 Å². The van der Waals surface area contributed by atoms with E-state index in [1.165, 1.54) is 12.1 Å². The second kappa shape index (κ2) is 4.72. The second-order valence-electron chi connectivity index (χ2n) is 4.26. The molecule has 0 radical (unpaired) electrons. The van der Waals surface area contributed by atoms with Gasteiger partial charge in [0.25, 0.3) is 0 Å². The lowest BCUT2D eigenvalue weighted by Gasteiger charge is -2.14. The largest absolute Gasteiger partial charge is 0.390 e. The van der Waals surface area contributed by atoms with E-state index >= 15 is 0 Å². The maximum absolute atomic E-state index is 12.9. The summed E-state index contributed by atoms with van der Waals surface area (Å²) in [6, 6.07) is 5.59. The van der Waals surface area contributed by atoms with Gasteiger partial charge in [0.05, 0.1) is 17.6 Å². The molecule has 0 spiro atoms. The molecule has 6 heteroatoms. The van der Waals surface area contributed by atoms with Crippen molar-refractivity contribution < 1.29 is 17.9 Å². The molecule has 0 aliphatic carbocycles. The molecule has 0 aromatic heterocycles. The molecule has 2 atom stereocenters. The van der Waals surface area contributed by atoms with Crippen LogP contribution in [0.25, 0.3) is 0 Å². The van der Waals surface area contributed by atoms with Gasteiger partial charge in [0.1, 0.15) is 5.82 Å². The SMILES string of the molecule is O=S1(=O)C[C@@H](O)[C@H](NCc2cccc(F)c2)C1. The quantitative estimate of drug-likeness (QED) is 0.806. The Bertz CT molecular complexity index is 503. The van der Waals surface area contributed by atoms with E-state index in [9.17, 15) is 17.9 Å². The number of aliphatic hydroxyl groups excluding tert-OH is 1. The Kier molecular flexibility index (Phi) is 3.46. The third kappa shape index (κ3) is 3.24. The number of benzene rings is 1. The van der Waals surface area contributed by atoms with Gasteiger partial charge in [-0.3, -0.25) is 0 Å². The molecule has 1 aromatic rings. The van der Waals surface area contributed by atoms with Crippen molar-refractivity contribution in [2.24, 2.45) is 0 Å². The van der Waals surface area contributed by atoms with Gasteiger partial charge in [0.15, 0.2) is 9.84 Å². The summed E-state index contributed by atoms with van der Waals surface area (Å²) in [6.45, 7) is 0.342. The summed E-state index contributed by atoms with van der Waals surface area (Å²) >= 11 is 0. The summed E-state index contributed by atoms with van der Waals surface area (Å²) in [5, 5.41) is 12.5. The minimum Gasteiger partial charge on any atom is -0.390 e. The molecule has 1 aromatic carbocycles. The minimum absolute atomic E-state index is 0.0660. The number of aliphatic hydroxyl groups is 1. The Labute approximate surface area is 99.4 Å². The molecular formula is C11H14FNO3S. The molecule has 0 bridgehead atoms. The number of hydrogen-bond donors (Lipinski definition) is 2. The van der Waals surface area contributed by atoms with Crippen molar-refractivity contribution in [3.63, 3.8) is 0 Å². The third-order valence-electron chi connectivity index (χ3n) is 2.78. The number of rotatable bonds is 3. The lowest BCUT2D eigenvalue weighted by atomic mass is 10.2. The van der Waals surface area contributed by atoms with Crippen LogP contribution in [0.2, 0.25) is 0 Å². The zero-order chi connectivity index (χ0) is 12.5. The zero-order valence-corrected chi connectivity index (χ0v) is 9.95. The lowest BCUT2D eigenvalue weighted by molar-refractivity contribution is 0.165. The highest BCUT2D eigenvalue weighted by molar-refractivity contribution is 7.91. The van der Waals surface area contributed by atoms with Crippen LogP contribution in [0.3, 0.4) is 0 Å². The molecule has 1 heterocycles. The van der Waals surface area contributed by atoms with Crippen molar-refractivity contribution in [3.8, 4) is 0 Å². The predicted molar refractivity (Wildman–Crippen MR) is 61.7 cm³/mol. The van der Waals surface area contributed by atoms with Gasteiger partial charge in [0, 0.05) is 12.6 Å². The van der Waals surface area contributed by atoms with Gasteiger partial charge in [-0.25, -0.2) is 12.8 Å². The first kappa shape index (κ1) is 12.5. The van der Waals surface area contributed by atoms with Gasteiger partial charge < -0.3 is 10.4 Å². The molecule has 2 N–H and O–H groups in total. The molecule has 0 unspecified atom stereocenters. The Hall–Kier alpha value is -0.980. The first-order chi connectivity index (χ1) is 7.96. The average molecular weight is 259 g/mol. The monoisotopic (exact) mass is 259 g/mol. The smallest absolute Gasteiger partial charge is 0.154 e. The molecular weight excluding hydrogens is 245 g/mol. The average Bonchev–Trinajstić information content (AvgIpc) is 2.49. The van der Waals surface area contributed by atoms with E-state index in [4.69, 9.17) is 0 Å².